The number of rotatable bonds is 8. The van der Waals surface area contributed by atoms with Crippen molar-refractivity contribution in [2.75, 3.05) is 23.6 Å². The molecular weight excluding hydrogens is 260 g/mol. The zero-order chi connectivity index (χ0) is 14.3. The Bertz CT molecular complexity index is 498. The van der Waals surface area contributed by atoms with Gasteiger partial charge in [-0.15, -0.1) is 0 Å². The van der Waals surface area contributed by atoms with E-state index in [9.17, 15) is 8.42 Å². The Morgan fingerprint density at radius 2 is 1.89 bits per heavy atom. The van der Waals surface area contributed by atoms with Gasteiger partial charge in [-0.1, -0.05) is 19.1 Å². The fourth-order valence-corrected chi connectivity index (χ4v) is 2.93. The summed E-state index contributed by atoms with van der Waals surface area (Å²) in [5.41, 5.74) is 2.67. The van der Waals surface area contributed by atoms with Crippen molar-refractivity contribution in [3.8, 4) is 0 Å². The van der Waals surface area contributed by atoms with Gasteiger partial charge in [0.05, 0.1) is 11.4 Å². The summed E-state index contributed by atoms with van der Waals surface area (Å²) < 4.78 is 26.6. The minimum absolute atomic E-state index is 0.150. The first-order valence-corrected chi connectivity index (χ1v) is 8.38. The molecule has 0 spiro atoms. The van der Waals surface area contributed by atoms with Crippen LogP contribution in [-0.4, -0.2) is 27.3 Å². The van der Waals surface area contributed by atoms with Gasteiger partial charge in [0.1, 0.15) is 0 Å². The molecule has 0 aliphatic carbocycles. The molecule has 0 radical (unpaired) electrons. The molecule has 1 aromatic rings. The van der Waals surface area contributed by atoms with Gasteiger partial charge in [0.25, 0.3) is 0 Å². The molecule has 0 aromatic heterocycles. The van der Waals surface area contributed by atoms with Crippen LogP contribution in [0.5, 0.6) is 0 Å². The molecule has 0 saturated heterocycles. The summed E-state index contributed by atoms with van der Waals surface area (Å²) in [6, 6.07) is 5.76. The third-order valence-electron chi connectivity index (χ3n) is 2.85. The van der Waals surface area contributed by atoms with Gasteiger partial charge >= 0.3 is 0 Å². The molecule has 0 aliphatic rings. The van der Waals surface area contributed by atoms with E-state index >= 15 is 0 Å². The second-order valence-corrected chi connectivity index (χ2v) is 6.68. The third-order valence-corrected chi connectivity index (χ3v) is 4.21. The minimum atomic E-state index is -3.25. The first-order valence-electron chi connectivity index (χ1n) is 6.73. The van der Waals surface area contributed by atoms with E-state index in [-0.39, 0.29) is 5.75 Å². The van der Waals surface area contributed by atoms with Gasteiger partial charge in [-0.25, -0.2) is 8.42 Å². The number of nitrogens with one attached hydrogen (secondary N) is 2. The Labute approximate surface area is 116 Å². The topological polar surface area (TPSA) is 58.2 Å². The number of benzene rings is 1. The highest BCUT2D eigenvalue weighted by Crippen LogP contribution is 2.17. The largest absolute Gasteiger partial charge is 0.317 e. The molecule has 0 amide bonds. The predicted molar refractivity (Wildman–Crippen MR) is 81.1 cm³/mol. The summed E-state index contributed by atoms with van der Waals surface area (Å²) in [5.74, 6) is 0.150. The molecule has 0 aliphatic heterocycles. The Kier molecular flexibility index (Phi) is 6.31. The predicted octanol–water partition coefficient (Wildman–Crippen LogP) is 2.43. The number of hydrogen-bond acceptors (Lipinski definition) is 3. The lowest BCUT2D eigenvalue weighted by Crippen LogP contribution is -2.22. The van der Waals surface area contributed by atoms with E-state index in [1.807, 2.05) is 32.0 Å². The van der Waals surface area contributed by atoms with Crippen LogP contribution >= 0.6 is 0 Å². The summed E-state index contributed by atoms with van der Waals surface area (Å²) in [6.07, 6.45) is 1.69. The molecule has 0 atom stereocenters. The number of anilines is 1. The van der Waals surface area contributed by atoms with Crippen LogP contribution in [0.2, 0.25) is 0 Å². The Hall–Kier alpha value is -1.07. The van der Waals surface area contributed by atoms with Crippen molar-refractivity contribution < 1.29 is 8.42 Å². The molecule has 1 rings (SSSR count). The van der Waals surface area contributed by atoms with Crippen LogP contribution in [0.3, 0.4) is 0 Å². The molecule has 0 saturated carbocycles. The molecule has 1 aromatic carbocycles. The highest BCUT2D eigenvalue weighted by atomic mass is 32.2. The van der Waals surface area contributed by atoms with Crippen LogP contribution in [-0.2, 0) is 10.0 Å². The van der Waals surface area contributed by atoms with E-state index in [0.717, 1.165) is 30.6 Å². The van der Waals surface area contributed by atoms with Gasteiger partial charge in [-0.3, -0.25) is 4.72 Å². The molecular formula is C14H24N2O2S. The van der Waals surface area contributed by atoms with Gasteiger partial charge in [-0.2, -0.15) is 0 Å². The Morgan fingerprint density at radius 1 is 1.16 bits per heavy atom. The van der Waals surface area contributed by atoms with E-state index in [2.05, 4.69) is 17.0 Å². The molecule has 108 valence electrons. The van der Waals surface area contributed by atoms with Gasteiger partial charge in [0, 0.05) is 0 Å². The van der Waals surface area contributed by atoms with Crippen LogP contribution < -0.4 is 10.0 Å². The van der Waals surface area contributed by atoms with Crippen molar-refractivity contribution >= 4 is 15.7 Å². The molecule has 0 heterocycles. The molecule has 2 N–H and O–H groups in total. The maximum atomic E-state index is 12.0. The van der Waals surface area contributed by atoms with Crippen LogP contribution in [0.4, 0.5) is 5.69 Å². The SMILES string of the molecule is CCCNCCCS(=O)(=O)Nc1cc(C)ccc1C. The van der Waals surface area contributed by atoms with Crippen molar-refractivity contribution in [2.45, 2.75) is 33.6 Å². The monoisotopic (exact) mass is 284 g/mol. The summed E-state index contributed by atoms with van der Waals surface area (Å²) in [4.78, 5) is 0. The molecule has 19 heavy (non-hydrogen) atoms. The average molecular weight is 284 g/mol. The highest BCUT2D eigenvalue weighted by Gasteiger charge is 2.11. The lowest BCUT2D eigenvalue weighted by molar-refractivity contribution is 0.593. The second kappa shape index (κ2) is 7.50. The molecule has 5 heteroatoms. The zero-order valence-corrected chi connectivity index (χ0v) is 12.8. The first-order chi connectivity index (χ1) is 8.94. The summed E-state index contributed by atoms with van der Waals surface area (Å²) in [5, 5.41) is 3.20. The highest BCUT2D eigenvalue weighted by molar-refractivity contribution is 7.92. The number of hydrogen-bond donors (Lipinski definition) is 2. The fourth-order valence-electron chi connectivity index (χ4n) is 1.75. The smallest absolute Gasteiger partial charge is 0.232 e. The Morgan fingerprint density at radius 3 is 2.58 bits per heavy atom. The summed E-state index contributed by atoms with van der Waals surface area (Å²) in [7, 11) is -3.25. The second-order valence-electron chi connectivity index (χ2n) is 4.84. The quantitative estimate of drug-likeness (QED) is 0.721. The van der Waals surface area contributed by atoms with Gasteiger partial charge in [0.15, 0.2) is 0 Å². The van der Waals surface area contributed by atoms with Crippen LogP contribution in [0.15, 0.2) is 18.2 Å². The maximum Gasteiger partial charge on any atom is 0.232 e. The van der Waals surface area contributed by atoms with Gasteiger partial charge in [0.2, 0.25) is 10.0 Å². The van der Waals surface area contributed by atoms with Crippen molar-refractivity contribution in [1.29, 1.82) is 0 Å². The van der Waals surface area contributed by atoms with E-state index in [1.165, 1.54) is 0 Å². The number of sulfonamides is 1. The lowest BCUT2D eigenvalue weighted by atomic mass is 10.1. The van der Waals surface area contributed by atoms with Gasteiger partial charge in [-0.05, 0) is 57.0 Å². The van der Waals surface area contributed by atoms with Crippen LogP contribution in [0, 0.1) is 13.8 Å². The van der Waals surface area contributed by atoms with E-state index in [0.29, 0.717) is 12.1 Å². The normalized spacial score (nSPS) is 11.5. The first kappa shape index (κ1) is 16.0. The van der Waals surface area contributed by atoms with Crippen molar-refractivity contribution in [2.24, 2.45) is 0 Å². The lowest BCUT2D eigenvalue weighted by Gasteiger charge is -2.11. The van der Waals surface area contributed by atoms with Crippen molar-refractivity contribution in [3.05, 3.63) is 29.3 Å². The molecule has 0 fully saturated rings. The van der Waals surface area contributed by atoms with E-state index < -0.39 is 10.0 Å². The minimum Gasteiger partial charge on any atom is -0.317 e. The van der Waals surface area contributed by atoms with Crippen LogP contribution in [0.25, 0.3) is 0 Å². The molecule has 0 unspecified atom stereocenters. The fraction of sp³-hybridized carbons (Fsp3) is 0.571. The molecule has 0 bridgehead atoms. The average Bonchev–Trinajstić information content (AvgIpc) is 2.33. The summed E-state index contributed by atoms with van der Waals surface area (Å²) >= 11 is 0. The van der Waals surface area contributed by atoms with Crippen LogP contribution in [0.1, 0.15) is 30.9 Å². The van der Waals surface area contributed by atoms with Gasteiger partial charge < -0.3 is 5.32 Å². The zero-order valence-electron chi connectivity index (χ0n) is 12.0. The van der Waals surface area contributed by atoms with Crippen molar-refractivity contribution in [3.63, 3.8) is 0 Å². The standard InChI is InChI=1S/C14H24N2O2S/c1-4-8-15-9-5-10-19(17,18)16-14-11-12(2)6-7-13(14)3/h6-7,11,15-16H,4-5,8-10H2,1-3H3. The number of aryl methyl sites for hydroxylation is 2. The van der Waals surface area contributed by atoms with E-state index in [1.54, 1.807) is 0 Å². The third kappa shape index (κ3) is 6.07. The van der Waals surface area contributed by atoms with Crippen molar-refractivity contribution in [1.82, 2.24) is 5.32 Å². The maximum absolute atomic E-state index is 12.0. The van der Waals surface area contributed by atoms with E-state index in [4.69, 9.17) is 0 Å². The summed E-state index contributed by atoms with van der Waals surface area (Å²) in [6.45, 7) is 7.61. The molecule has 4 nitrogen and oxygen atoms in total. The Balaban J connectivity index is 2.52.